The van der Waals surface area contributed by atoms with Crippen molar-refractivity contribution in [2.24, 2.45) is 0 Å². The molecule has 5 nitrogen and oxygen atoms in total. The van der Waals surface area contributed by atoms with Crippen molar-refractivity contribution in [3.63, 3.8) is 0 Å². The van der Waals surface area contributed by atoms with Crippen molar-refractivity contribution in [3.8, 4) is 0 Å². The van der Waals surface area contributed by atoms with Crippen LogP contribution in [0, 0.1) is 0 Å². The number of imidazole rings is 1. The summed E-state index contributed by atoms with van der Waals surface area (Å²) < 4.78 is 3.10. The first-order valence-corrected chi connectivity index (χ1v) is 8.66. The highest BCUT2D eigenvalue weighted by Gasteiger charge is 2.11. The minimum atomic E-state index is -0.0328. The predicted octanol–water partition coefficient (Wildman–Crippen LogP) is 3.44. The molecule has 120 valence electrons. The molecule has 1 N–H and O–H groups in total. The largest absolute Gasteiger partial charge is 0.352 e. The second-order valence-electron chi connectivity index (χ2n) is 5.75. The normalized spacial score (nSPS) is 11.3. The van der Waals surface area contributed by atoms with Crippen LogP contribution in [-0.2, 0) is 6.54 Å². The molecule has 0 aliphatic heterocycles. The average molecular weight is 328 g/mol. The van der Waals surface area contributed by atoms with Crippen LogP contribution in [-0.4, -0.2) is 27.0 Å². The quantitative estimate of drug-likeness (QED) is 0.705. The summed E-state index contributed by atoms with van der Waals surface area (Å²) in [7, 11) is 0. The Hall–Kier alpha value is -2.21. The molecule has 0 radical (unpaired) electrons. The zero-order chi connectivity index (χ0) is 16.2. The van der Waals surface area contributed by atoms with Gasteiger partial charge in [-0.1, -0.05) is 19.9 Å². The molecule has 3 rings (SSSR count). The molecule has 1 aromatic carbocycles. The number of nitrogens with one attached hydrogen (secondary N) is 1. The zero-order valence-corrected chi connectivity index (χ0v) is 14.1. The fraction of sp³-hybridized carbons (Fsp3) is 0.353. The SMILES string of the molecule is CC(C)c1nccn1CCCNC(=O)c1cccc2ncsc12. The molecule has 0 aliphatic rings. The van der Waals surface area contributed by atoms with Crippen LogP contribution >= 0.6 is 11.3 Å². The van der Waals surface area contributed by atoms with Gasteiger partial charge in [0, 0.05) is 31.4 Å². The van der Waals surface area contributed by atoms with E-state index in [0.717, 1.165) is 29.0 Å². The second-order valence-corrected chi connectivity index (χ2v) is 6.60. The van der Waals surface area contributed by atoms with Crippen LogP contribution in [0.1, 0.15) is 42.4 Å². The Morgan fingerprint density at radius 3 is 3.04 bits per heavy atom. The van der Waals surface area contributed by atoms with Crippen molar-refractivity contribution >= 4 is 27.5 Å². The smallest absolute Gasteiger partial charge is 0.252 e. The molecule has 0 fully saturated rings. The van der Waals surface area contributed by atoms with Crippen molar-refractivity contribution < 1.29 is 4.79 Å². The Labute approximate surface area is 139 Å². The number of carbonyl (C=O) groups is 1. The number of benzene rings is 1. The first-order chi connectivity index (χ1) is 11.2. The molecule has 2 heterocycles. The number of aromatic nitrogens is 3. The van der Waals surface area contributed by atoms with Crippen LogP contribution < -0.4 is 5.32 Å². The van der Waals surface area contributed by atoms with Gasteiger partial charge in [-0.3, -0.25) is 4.79 Å². The van der Waals surface area contributed by atoms with Gasteiger partial charge in [-0.2, -0.15) is 0 Å². The monoisotopic (exact) mass is 328 g/mol. The molecule has 0 saturated heterocycles. The third kappa shape index (κ3) is 3.42. The van der Waals surface area contributed by atoms with E-state index in [1.54, 1.807) is 5.51 Å². The predicted molar refractivity (Wildman–Crippen MR) is 92.9 cm³/mol. The number of nitrogens with zero attached hydrogens (tertiary/aromatic N) is 3. The number of fused-ring (bicyclic) bond motifs is 1. The third-order valence-electron chi connectivity index (χ3n) is 3.73. The first-order valence-electron chi connectivity index (χ1n) is 7.78. The highest BCUT2D eigenvalue weighted by molar-refractivity contribution is 7.17. The second kappa shape index (κ2) is 6.91. The molecule has 0 spiro atoms. The summed E-state index contributed by atoms with van der Waals surface area (Å²) >= 11 is 1.50. The number of thiazole rings is 1. The van der Waals surface area contributed by atoms with Gasteiger partial charge in [0.1, 0.15) is 5.82 Å². The summed E-state index contributed by atoms with van der Waals surface area (Å²) in [4.78, 5) is 21.0. The van der Waals surface area contributed by atoms with Gasteiger partial charge in [0.2, 0.25) is 0 Å². The molecular weight excluding hydrogens is 308 g/mol. The van der Waals surface area contributed by atoms with Gasteiger partial charge in [0.05, 0.1) is 21.3 Å². The topological polar surface area (TPSA) is 59.8 Å². The van der Waals surface area contributed by atoms with E-state index in [9.17, 15) is 4.79 Å². The molecule has 0 saturated carbocycles. The standard InChI is InChI=1S/C17H20N4OS/c1-12(2)16-18-8-10-21(16)9-4-7-19-17(22)13-5-3-6-14-15(13)23-11-20-14/h3,5-6,8,10-12H,4,7,9H2,1-2H3,(H,19,22). The van der Waals surface area contributed by atoms with E-state index in [0.29, 0.717) is 18.0 Å². The lowest BCUT2D eigenvalue weighted by Crippen LogP contribution is -2.25. The molecular formula is C17H20N4OS. The fourth-order valence-corrected chi connectivity index (χ4v) is 3.42. The van der Waals surface area contributed by atoms with Gasteiger partial charge in [-0.25, -0.2) is 9.97 Å². The summed E-state index contributed by atoms with van der Waals surface area (Å²) in [5.41, 5.74) is 3.35. The van der Waals surface area contributed by atoms with Crippen LogP contribution in [0.5, 0.6) is 0 Å². The Kier molecular flexibility index (Phi) is 4.71. The first kappa shape index (κ1) is 15.7. The summed E-state index contributed by atoms with van der Waals surface area (Å²) in [6.45, 7) is 5.77. The Morgan fingerprint density at radius 1 is 1.35 bits per heavy atom. The summed E-state index contributed by atoms with van der Waals surface area (Å²) in [5.74, 6) is 1.46. The highest BCUT2D eigenvalue weighted by Crippen LogP contribution is 2.22. The van der Waals surface area contributed by atoms with Crippen LogP contribution in [0.3, 0.4) is 0 Å². The van der Waals surface area contributed by atoms with Crippen LogP contribution in [0.2, 0.25) is 0 Å². The van der Waals surface area contributed by atoms with E-state index in [4.69, 9.17) is 0 Å². The van der Waals surface area contributed by atoms with Gasteiger partial charge in [0.15, 0.2) is 0 Å². The van der Waals surface area contributed by atoms with Crippen LogP contribution in [0.4, 0.5) is 0 Å². The molecule has 2 aromatic heterocycles. The number of amides is 1. The lowest BCUT2D eigenvalue weighted by Gasteiger charge is -2.11. The number of hydrogen-bond acceptors (Lipinski definition) is 4. The average Bonchev–Trinajstić information content (AvgIpc) is 3.19. The molecule has 1 amide bonds. The summed E-state index contributed by atoms with van der Waals surface area (Å²) in [6, 6.07) is 5.65. The maximum absolute atomic E-state index is 12.3. The minimum absolute atomic E-state index is 0.0328. The molecule has 0 bridgehead atoms. The third-order valence-corrected chi connectivity index (χ3v) is 4.60. The van der Waals surface area contributed by atoms with E-state index in [1.165, 1.54) is 11.3 Å². The summed E-state index contributed by atoms with van der Waals surface area (Å²) in [6.07, 6.45) is 4.70. The Morgan fingerprint density at radius 2 is 2.22 bits per heavy atom. The molecule has 0 atom stereocenters. The van der Waals surface area contributed by atoms with Gasteiger partial charge in [0.25, 0.3) is 5.91 Å². The molecule has 3 aromatic rings. The van der Waals surface area contributed by atoms with Gasteiger partial charge >= 0.3 is 0 Å². The van der Waals surface area contributed by atoms with E-state index in [2.05, 4.69) is 33.7 Å². The minimum Gasteiger partial charge on any atom is -0.352 e. The number of aryl methyl sites for hydroxylation is 1. The Bertz CT molecular complexity index is 806. The van der Waals surface area contributed by atoms with E-state index in [-0.39, 0.29) is 5.91 Å². The maximum atomic E-state index is 12.3. The number of hydrogen-bond donors (Lipinski definition) is 1. The van der Waals surface area contributed by atoms with Gasteiger partial charge in [-0.05, 0) is 18.6 Å². The van der Waals surface area contributed by atoms with Crippen LogP contribution in [0.25, 0.3) is 10.2 Å². The molecule has 6 heteroatoms. The van der Waals surface area contributed by atoms with Gasteiger partial charge < -0.3 is 9.88 Å². The summed E-state index contributed by atoms with van der Waals surface area (Å²) in [5, 5.41) is 3.00. The van der Waals surface area contributed by atoms with Crippen molar-refractivity contribution in [3.05, 3.63) is 47.5 Å². The molecule has 23 heavy (non-hydrogen) atoms. The van der Waals surface area contributed by atoms with Crippen molar-refractivity contribution in [2.75, 3.05) is 6.54 Å². The number of carbonyl (C=O) groups excluding carboxylic acids is 1. The van der Waals surface area contributed by atoms with E-state index < -0.39 is 0 Å². The van der Waals surface area contributed by atoms with Crippen molar-refractivity contribution in [1.29, 1.82) is 0 Å². The Balaban J connectivity index is 1.55. The lowest BCUT2D eigenvalue weighted by atomic mass is 10.2. The fourth-order valence-electron chi connectivity index (χ4n) is 2.62. The lowest BCUT2D eigenvalue weighted by molar-refractivity contribution is 0.0954. The van der Waals surface area contributed by atoms with Crippen molar-refractivity contribution in [2.45, 2.75) is 32.7 Å². The zero-order valence-electron chi connectivity index (χ0n) is 13.3. The van der Waals surface area contributed by atoms with E-state index >= 15 is 0 Å². The van der Waals surface area contributed by atoms with Gasteiger partial charge in [-0.15, -0.1) is 11.3 Å². The highest BCUT2D eigenvalue weighted by atomic mass is 32.1. The number of rotatable bonds is 6. The maximum Gasteiger partial charge on any atom is 0.252 e. The van der Waals surface area contributed by atoms with Crippen molar-refractivity contribution in [1.82, 2.24) is 19.9 Å². The van der Waals surface area contributed by atoms with E-state index in [1.807, 2.05) is 30.6 Å². The molecule has 0 aliphatic carbocycles. The molecule has 0 unspecified atom stereocenters. The van der Waals surface area contributed by atoms with Crippen LogP contribution in [0.15, 0.2) is 36.1 Å².